The van der Waals surface area contributed by atoms with Crippen LogP contribution in [0.3, 0.4) is 0 Å². The molecule has 2 heteroatoms. The highest BCUT2D eigenvalue weighted by Gasteiger charge is 2.11. The molecule has 0 amide bonds. The molecule has 0 aromatic heterocycles. The first-order valence-electron chi connectivity index (χ1n) is 5.22. The van der Waals surface area contributed by atoms with E-state index in [2.05, 4.69) is 47.3 Å². The molecule has 16 heavy (non-hydrogen) atoms. The second-order valence-corrected chi connectivity index (χ2v) is 4.39. The smallest absolute Gasteiger partial charge is 0.137 e. The third kappa shape index (κ3) is 3.46. The first kappa shape index (κ1) is 12.9. The fourth-order valence-corrected chi connectivity index (χ4v) is 1.91. The van der Waals surface area contributed by atoms with Crippen LogP contribution in [0.1, 0.15) is 24.8 Å². The van der Waals surface area contributed by atoms with Gasteiger partial charge in [-0.3, -0.25) is 4.79 Å². The standard InChI is InChI=1S/C12H11BrO.C2H4/c13-11-5-1-9(2-6-11)10-3-7-12(14)8-4-10;1-2/h1-3,5-6H,4,7-8H2;1-2H2. The summed E-state index contributed by atoms with van der Waals surface area (Å²) in [6.07, 6.45) is 4.24. The van der Waals surface area contributed by atoms with Crippen molar-refractivity contribution in [1.29, 1.82) is 0 Å². The Bertz CT molecular complexity index is 390. The molecule has 0 fully saturated rings. The molecule has 0 aliphatic heterocycles. The Morgan fingerprint density at radius 3 is 2.19 bits per heavy atom. The lowest BCUT2D eigenvalue weighted by Crippen LogP contribution is -2.02. The summed E-state index contributed by atoms with van der Waals surface area (Å²) in [4.78, 5) is 11.0. The van der Waals surface area contributed by atoms with Crippen molar-refractivity contribution in [2.24, 2.45) is 0 Å². The Hall–Kier alpha value is -1.15. The third-order valence-corrected chi connectivity index (χ3v) is 2.99. The minimum Gasteiger partial charge on any atom is -0.299 e. The number of carbonyl (C=O) groups excluding carboxylic acids is 1. The normalized spacial score (nSPS) is 14.8. The van der Waals surface area contributed by atoms with Gasteiger partial charge in [0.15, 0.2) is 0 Å². The summed E-state index contributed by atoms with van der Waals surface area (Å²) < 4.78 is 1.09. The molecule has 2 rings (SSSR count). The van der Waals surface area contributed by atoms with Crippen molar-refractivity contribution in [1.82, 2.24) is 0 Å². The van der Waals surface area contributed by atoms with Gasteiger partial charge in [-0.05, 0) is 29.7 Å². The van der Waals surface area contributed by atoms with E-state index < -0.39 is 0 Å². The number of carbonyl (C=O) groups is 1. The van der Waals surface area contributed by atoms with Crippen LogP contribution in [0, 0.1) is 0 Å². The maximum Gasteiger partial charge on any atom is 0.137 e. The summed E-state index contributed by atoms with van der Waals surface area (Å²) in [5.41, 5.74) is 2.54. The predicted molar refractivity (Wildman–Crippen MR) is 72.2 cm³/mol. The summed E-state index contributed by atoms with van der Waals surface area (Å²) >= 11 is 3.41. The van der Waals surface area contributed by atoms with E-state index in [4.69, 9.17) is 0 Å². The zero-order valence-electron chi connectivity index (χ0n) is 9.21. The quantitative estimate of drug-likeness (QED) is 0.697. The Balaban J connectivity index is 0.000000606. The van der Waals surface area contributed by atoms with Crippen molar-refractivity contribution in [2.75, 3.05) is 0 Å². The SMILES string of the molecule is C=C.O=C1CC=C(c2ccc(Br)cc2)CC1. The zero-order chi connectivity index (χ0) is 12.0. The molecule has 1 aromatic rings. The lowest BCUT2D eigenvalue weighted by Gasteiger charge is -2.12. The van der Waals surface area contributed by atoms with Crippen molar-refractivity contribution in [3.8, 4) is 0 Å². The summed E-state index contributed by atoms with van der Waals surface area (Å²) in [6.45, 7) is 6.00. The number of allylic oxidation sites excluding steroid dienone is 2. The highest BCUT2D eigenvalue weighted by Crippen LogP contribution is 2.26. The minimum atomic E-state index is 0.353. The number of rotatable bonds is 1. The number of halogens is 1. The van der Waals surface area contributed by atoms with E-state index in [1.165, 1.54) is 11.1 Å². The molecule has 0 unspecified atom stereocenters. The number of hydrogen-bond donors (Lipinski definition) is 0. The van der Waals surface area contributed by atoms with E-state index in [-0.39, 0.29) is 0 Å². The summed E-state index contributed by atoms with van der Waals surface area (Å²) in [5.74, 6) is 0.353. The van der Waals surface area contributed by atoms with E-state index >= 15 is 0 Å². The van der Waals surface area contributed by atoms with Crippen molar-refractivity contribution in [2.45, 2.75) is 19.3 Å². The highest BCUT2D eigenvalue weighted by atomic mass is 79.9. The molecule has 0 bridgehead atoms. The van der Waals surface area contributed by atoms with Crippen LogP contribution in [0.2, 0.25) is 0 Å². The van der Waals surface area contributed by atoms with Crippen LogP contribution in [0.25, 0.3) is 5.57 Å². The van der Waals surface area contributed by atoms with Gasteiger partial charge >= 0.3 is 0 Å². The molecule has 84 valence electrons. The number of ketones is 1. The van der Waals surface area contributed by atoms with Crippen molar-refractivity contribution in [3.05, 3.63) is 53.5 Å². The van der Waals surface area contributed by atoms with Crippen molar-refractivity contribution in [3.63, 3.8) is 0 Å². The largest absolute Gasteiger partial charge is 0.299 e. The number of Topliss-reactive ketones (excluding diaryl/α,β-unsaturated/α-hetero) is 1. The first-order chi connectivity index (χ1) is 7.75. The van der Waals surface area contributed by atoms with Crippen LogP contribution < -0.4 is 0 Å². The second kappa shape index (κ2) is 6.44. The molecular formula is C14H15BrO. The second-order valence-electron chi connectivity index (χ2n) is 3.48. The maximum absolute atomic E-state index is 11.0. The van der Waals surface area contributed by atoms with Crippen LogP contribution in [0.15, 0.2) is 48.0 Å². The molecule has 0 N–H and O–H groups in total. The van der Waals surface area contributed by atoms with Crippen LogP contribution >= 0.6 is 15.9 Å². The molecular weight excluding hydrogens is 264 g/mol. The topological polar surface area (TPSA) is 17.1 Å². The minimum absolute atomic E-state index is 0.353. The molecule has 0 spiro atoms. The van der Waals surface area contributed by atoms with Gasteiger partial charge in [-0.15, -0.1) is 13.2 Å². The van der Waals surface area contributed by atoms with Crippen LogP contribution in [-0.2, 0) is 4.79 Å². The van der Waals surface area contributed by atoms with Gasteiger partial charge in [0.05, 0.1) is 0 Å². The Morgan fingerprint density at radius 1 is 1.06 bits per heavy atom. The lowest BCUT2D eigenvalue weighted by molar-refractivity contribution is -0.118. The van der Waals surface area contributed by atoms with Gasteiger partial charge in [-0.2, -0.15) is 0 Å². The number of benzene rings is 1. The average molecular weight is 279 g/mol. The molecule has 1 aromatic carbocycles. The molecule has 0 saturated heterocycles. The Kier molecular flexibility index (Phi) is 5.20. The van der Waals surface area contributed by atoms with Gasteiger partial charge in [0.2, 0.25) is 0 Å². The van der Waals surface area contributed by atoms with E-state index in [9.17, 15) is 4.79 Å². The van der Waals surface area contributed by atoms with E-state index in [0.29, 0.717) is 18.6 Å². The molecule has 1 aliphatic rings. The van der Waals surface area contributed by atoms with Gasteiger partial charge in [-0.1, -0.05) is 34.1 Å². The fourth-order valence-electron chi connectivity index (χ4n) is 1.64. The Morgan fingerprint density at radius 2 is 1.69 bits per heavy atom. The van der Waals surface area contributed by atoms with Crippen LogP contribution in [-0.4, -0.2) is 5.78 Å². The monoisotopic (exact) mass is 278 g/mol. The predicted octanol–water partition coefficient (Wildman–Crippen LogP) is 4.39. The lowest BCUT2D eigenvalue weighted by atomic mass is 9.93. The van der Waals surface area contributed by atoms with Crippen molar-refractivity contribution < 1.29 is 4.79 Å². The molecule has 0 saturated carbocycles. The molecule has 0 heterocycles. The summed E-state index contributed by atoms with van der Waals surface area (Å²) in [6, 6.07) is 8.25. The Labute approximate surface area is 105 Å². The van der Waals surface area contributed by atoms with E-state index in [1.54, 1.807) is 0 Å². The van der Waals surface area contributed by atoms with Gasteiger partial charge in [-0.25, -0.2) is 0 Å². The molecule has 0 atom stereocenters. The van der Waals surface area contributed by atoms with Gasteiger partial charge in [0, 0.05) is 17.3 Å². The van der Waals surface area contributed by atoms with Crippen molar-refractivity contribution >= 4 is 27.3 Å². The summed E-state index contributed by atoms with van der Waals surface area (Å²) in [5, 5.41) is 0. The van der Waals surface area contributed by atoms with Gasteiger partial charge in [0.25, 0.3) is 0 Å². The first-order valence-corrected chi connectivity index (χ1v) is 6.02. The van der Waals surface area contributed by atoms with Crippen LogP contribution in [0.4, 0.5) is 0 Å². The maximum atomic E-state index is 11.0. The summed E-state index contributed by atoms with van der Waals surface area (Å²) in [7, 11) is 0. The molecule has 1 aliphatic carbocycles. The zero-order valence-corrected chi connectivity index (χ0v) is 10.8. The number of hydrogen-bond acceptors (Lipinski definition) is 1. The molecule has 0 radical (unpaired) electrons. The fraction of sp³-hybridized carbons (Fsp3) is 0.214. The molecule has 1 nitrogen and oxygen atoms in total. The average Bonchev–Trinajstić information content (AvgIpc) is 2.34. The highest BCUT2D eigenvalue weighted by molar-refractivity contribution is 9.10. The van der Waals surface area contributed by atoms with Gasteiger partial charge < -0.3 is 0 Å². The third-order valence-electron chi connectivity index (χ3n) is 2.46. The van der Waals surface area contributed by atoms with E-state index in [0.717, 1.165) is 10.9 Å². The van der Waals surface area contributed by atoms with E-state index in [1.807, 2.05) is 12.1 Å². The van der Waals surface area contributed by atoms with Crippen LogP contribution in [0.5, 0.6) is 0 Å². The van der Waals surface area contributed by atoms with Gasteiger partial charge in [0.1, 0.15) is 5.78 Å².